The maximum Gasteiger partial charge on any atom is 0.232 e. The van der Waals surface area contributed by atoms with Gasteiger partial charge in [0.05, 0.1) is 5.75 Å². The van der Waals surface area contributed by atoms with Gasteiger partial charge in [-0.05, 0) is 30.5 Å². The summed E-state index contributed by atoms with van der Waals surface area (Å²) in [5.41, 5.74) is 1.86. The van der Waals surface area contributed by atoms with E-state index >= 15 is 0 Å². The minimum absolute atomic E-state index is 0.0860. The molecule has 78 valence electrons. The fourth-order valence-corrected chi connectivity index (χ4v) is 2.11. The van der Waals surface area contributed by atoms with Gasteiger partial charge in [0.2, 0.25) is 9.05 Å². The zero-order valence-corrected chi connectivity index (χ0v) is 9.96. The van der Waals surface area contributed by atoms with Gasteiger partial charge in [-0.3, -0.25) is 0 Å². The summed E-state index contributed by atoms with van der Waals surface area (Å²) in [5.74, 6) is -0.0860. The summed E-state index contributed by atoms with van der Waals surface area (Å²) in [5, 5.41) is 0.588. The molecule has 0 N–H and O–H groups in total. The van der Waals surface area contributed by atoms with Crippen LogP contribution >= 0.6 is 22.3 Å². The molecule has 5 heteroatoms. The molecule has 0 unspecified atom stereocenters. The van der Waals surface area contributed by atoms with Gasteiger partial charge in [-0.2, -0.15) is 0 Å². The molecule has 1 rings (SSSR count). The van der Waals surface area contributed by atoms with Crippen LogP contribution in [0.4, 0.5) is 0 Å². The third kappa shape index (κ3) is 3.86. The molecule has 0 amide bonds. The average Bonchev–Trinajstić information content (AvgIpc) is 2.00. The maximum absolute atomic E-state index is 10.7. The fraction of sp³-hybridized carbons (Fsp3) is 0.333. The van der Waals surface area contributed by atoms with Crippen LogP contribution in [0.5, 0.6) is 0 Å². The Morgan fingerprint density at radius 3 is 2.50 bits per heavy atom. The lowest BCUT2D eigenvalue weighted by molar-refractivity contribution is 0.609. The summed E-state index contributed by atoms with van der Waals surface area (Å²) in [4.78, 5) is 0. The average molecular weight is 253 g/mol. The summed E-state index contributed by atoms with van der Waals surface area (Å²) < 4.78 is 21.4. The Labute approximate surface area is 93.3 Å². The van der Waals surface area contributed by atoms with Crippen LogP contribution in [0.25, 0.3) is 0 Å². The van der Waals surface area contributed by atoms with Crippen molar-refractivity contribution in [3.63, 3.8) is 0 Å². The van der Waals surface area contributed by atoms with E-state index in [4.69, 9.17) is 22.3 Å². The second kappa shape index (κ2) is 4.51. The molecule has 0 radical (unpaired) electrons. The van der Waals surface area contributed by atoms with Crippen LogP contribution in [-0.2, 0) is 15.5 Å². The Hall–Kier alpha value is -0.250. The molecule has 0 saturated carbocycles. The highest BCUT2D eigenvalue weighted by Gasteiger charge is 2.07. The standard InChI is InChI=1S/C9H10Cl2O2S/c1-7-2-3-8(9(10)6-7)4-5-14(11,12)13/h2-3,6H,4-5H2,1H3. The van der Waals surface area contributed by atoms with Crippen LogP contribution in [0, 0.1) is 6.92 Å². The van der Waals surface area contributed by atoms with Crippen molar-refractivity contribution < 1.29 is 8.42 Å². The Morgan fingerprint density at radius 2 is 2.00 bits per heavy atom. The van der Waals surface area contributed by atoms with Crippen molar-refractivity contribution in [1.29, 1.82) is 0 Å². The van der Waals surface area contributed by atoms with Crippen molar-refractivity contribution in [2.75, 3.05) is 5.75 Å². The third-order valence-corrected chi connectivity index (χ3v) is 3.33. The quantitative estimate of drug-likeness (QED) is 0.776. The molecule has 0 aromatic heterocycles. The highest BCUT2D eigenvalue weighted by atomic mass is 35.7. The van der Waals surface area contributed by atoms with Gasteiger partial charge in [-0.25, -0.2) is 8.42 Å². The van der Waals surface area contributed by atoms with E-state index in [2.05, 4.69) is 0 Å². The fourth-order valence-electron chi connectivity index (χ4n) is 1.09. The van der Waals surface area contributed by atoms with Gasteiger partial charge >= 0.3 is 0 Å². The molecule has 1 aromatic carbocycles. The van der Waals surface area contributed by atoms with Crippen LogP contribution in [-0.4, -0.2) is 14.2 Å². The smallest absolute Gasteiger partial charge is 0.212 e. The van der Waals surface area contributed by atoms with Crippen molar-refractivity contribution in [2.24, 2.45) is 0 Å². The molecule has 0 heterocycles. The monoisotopic (exact) mass is 252 g/mol. The Balaban J connectivity index is 2.78. The summed E-state index contributed by atoms with van der Waals surface area (Å²) in [6.45, 7) is 1.92. The number of rotatable bonds is 3. The largest absolute Gasteiger partial charge is 0.232 e. The molecule has 1 aromatic rings. The summed E-state index contributed by atoms with van der Waals surface area (Å²) in [7, 11) is 1.66. The SMILES string of the molecule is Cc1ccc(CCS(=O)(=O)Cl)c(Cl)c1. The highest BCUT2D eigenvalue weighted by molar-refractivity contribution is 8.13. The van der Waals surface area contributed by atoms with Gasteiger partial charge in [0.1, 0.15) is 0 Å². The van der Waals surface area contributed by atoms with E-state index in [-0.39, 0.29) is 5.75 Å². The molecule has 0 spiro atoms. The van der Waals surface area contributed by atoms with Gasteiger partial charge in [0.25, 0.3) is 0 Å². The molecule has 2 nitrogen and oxygen atoms in total. The lowest BCUT2D eigenvalue weighted by Gasteiger charge is -2.03. The van der Waals surface area contributed by atoms with Crippen LogP contribution in [0.15, 0.2) is 18.2 Å². The summed E-state index contributed by atoms with van der Waals surface area (Å²) in [6.07, 6.45) is 0.352. The number of aryl methyl sites for hydroxylation is 2. The van der Waals surface area contributed by atoms with Crippen molar-refractivity contribution in [3.8, 4) is 0 Å². The first-order chi connectivity index (χ1) is 6.38. The highest BCUT2D eigenvalue weighted by Crippen LogP contribution is 2.18. The molecule has 0 bridgehead atoms. The minimum Gasteiger partial charge on any atom is -0.212 e. The van der Waals surface area contributed by atoms with Crippen LogP contribution in [0.2, 0.25) is 5.02 Å². The predicted octanol–water partition coefficient (Wildman–Crippen LogP) is 2.76. The first kappa shape index (κ1) is 11.8. The maximum atomic E-state index is 10.7. The zero-order valence-electron chi connectivity index (χ0n) is 7.63. The zero-order chi connectivity index (χ0) is 10.8. The first-order valence-electron chi connectivity index (χ1n) is 4.06. The normalized spacial score (nSPS) is 11.6. The molecule has 0 aliphatic rings. The van der Waals surface area contributed by atoms with Crippen LogP contribution < -0.4 is 0 Å². The van der Waals surface area contributed by atoms with Gasteiger partial charge in [0, 0.05) is 15.7 Å². The van der Waals surface area contributed by atoms with E-state index < -0.39 is 9.05 Å². The second-order valence-corrected chi connectivity index (χ2v) is 6.39. The Bertz CT molecular complexity index is 426. The van der Waals surface area contributed by atoms with Gasteiger partial charge in [-0.1, -0.05) is 23.7 Å². The van der Waals surface area contributed by atoms with E-state index in [0.717, 1.165) is 11.1 Å². The molecule has 0 aliphatic heterocycles. The molecule has 0 atom stereocenters. The van der Waals surface area contributed by atoms with Gasteiger partial charge in [0.15, 0.2) is 0 Å². The first-order valence-corrected chi connectivity index (χ1v) is 6.91. The number of halogens is 2. The molecular formula is C9H10Cl2O2S. The topological polar surface area (TPSA) is 34.1 Å². The van der Waals surface area contributed by atoms with Crippen molar-refractivity contribution in [1.82, 2.24) is 0 Å². The van der Waals surface area contributed by atoms with Crippen molar-refractivity contribution in [2.45, 2.75) is 13.3 Å². The third-order valence-electron chi connectivity index (χ3n) is 1.82. The summed E-state index contributed by atoms with van der Waals surface area (Å²) >= 11 is 5.92. The van der Waals surface area contributed by atoms with E-state index in [0.29, 0.717) is 11.4 Å². The molecule has 0 fully saturated rings. The lowest BCUT2D eigenvalue weighted by atomic mass is 10.1. The predicted molar refractivity (Wildman–Crippen MR) is 59.5 cm³/mol. The Kier molecular flexibility index (Phi) is 3.81. The molecule has 0 aliphatic carbocycles. The van der Waals surface area contributed by atoms with Gasteiger partial charge < -0.3 is 0 Å². The number of hydrogen-bond acceptors (Lipinski definition) is 2. The Morgan fingerprint density at radius 1 is 1.36 bits per heavy atom. The van der Waals surface area contributed by atoms with E-state index in [1.807, 2.05) is 19.1 Å². The minimum atomic E-state index is -3.44. The molecule has 0 saturated heterocycles. The number of hydrogen-bond donors (Lipinski definition) is 0. The molecule has 14 heavy (non-hydrogen) atoms. The van der Waals surface area contributed by atoms with Crippen molar-refractivity contribution in [3.05, 3.63) is 34.3 Å². The van der Waals surface area contributed by atoms with Crippen LogP contribution in [0.1, 0.15) is 11.1 Å². The second-order valence-electron chi connectivity index (χ2n) is 3.09. The lowest BCUT2D eigenvalue weighted by Crippen LogP contribution is -2.01. The van der Waals surface area contributed by atoms with E-state index in [1.165, 1.54) is 0 Å². The van der Waals surface area contributed by atoms with E-state index in [9.17, 15) is 8.42 Å². The van der Waals surface area contributed by atoms with Gasteiger partial charge in [-0.15, -0.1) is 0 Å². The molecular weight excluding hydrogens is 243 g/mol. The van der Waals surface area contributed by atoms with E-state index in [1.54, 1.807) is 6.07 Å². The summed E-state index contributed by atoms with van der Waals surface area (Å²) in [6, 6.07) is 5.51. The number of benzene rings is 1. The van der Waals surface area contributed by atoms with Crippen molar-refractivity contribution >= 4 is 31.3 Å². The van der Waals surface area contributed by atoms with Crippen LogP contribution in [0.3, 0.4) is 0 Å².